The number of aryl methyl sites for hydroxylation is 1. The van der Waals surface area contributed by atoms with Gasteiger partial charge in [0, 0.05) is 28.5 Å². The Morgan fingerprint density at radius 1 is 1.30 bits per heavy atom. The van der Waals surface area contributed by atoms with Crippen LogP contribution in [0.4, 0.5) is 5.69 Å². The Labute approximate surface area is 125 Å². The van der Waals surface area contributed by atoms with E-state index in [0.717, 1.165) is 40.0 Å². The minimum atomic E-state index is 0.713. The largest absolute Gasteiger partial charge is 0.398 e. The fourth-order valence-corrected chi connectivity index (χ4v) is 2.54. The van der Waals surface area contributed by atoms with Gasteiger partial charge in [0.25, 0.3) is 0 Å². The molecule has 2 N–H and O–H groups in total. The predicted molar refractivity (Wildman–Crippen MR) is 85.4 cm³/mol. The highest BCUT2D eigenvalue weighted by Crippen LogP contribution is 2.28. The second-order valence-electron chi connectivity index (χ2n) is 4.67. The van der Waals surface area contributed by atoms with E-state index in [-0.39, 0.29) is 0 Å². The number of nitrogens with zero attached hydrogens (tertiary/aromatic N) is 3. The van der Waals surface area contributed by atoms with Gasteiger partial charge in [0.1, 0.15) is 11.3 Å². The molecule has 4 nitrogen and oxygen atoms in total. The molecule has 20 heavy (non-hydrogen) atoms. The lowest BCUT2D eigenvalue weighted by Gasteiger charge is -2.08. The maximum Gasteiger partial charge on any atom is 0.160 e. The molecule has 2 aromatic heterocycles. The molecule has 0 fully saturated rings. The van der Waals surface area contributed by atoms with Crippen molar-refractivity contribution < 1.29 is 0 Å². The summed E-state index contributed by atoms with van der Waals surface area (Å²) >= 11 is 3.42. The first kappa shape index (κ1) is 13.1. The van der Waals surface area contributed by atoms with Gasteiger partial charge in [0.15, 0.2) is 5.65 Å². The van der Waals surface area contributed by atoms with E-state index in [1.807, 2.05) is 30.3 Å². The summed E-state index contributed by atoms with van der Waals surface area (Å²) in [4.78, 5) is 9.15. The molecular weight excluding hydrogens is 316 g/mol. The SMILES string of the molecule is CCCn1c(-c2ccc(Br)c(N)c2)nc2cccnc21. The lowest BCUT2D eigenvalue weighted by Crippen LogP contribution is -2.01. The minimum absolute atomic E-state index is 0.713. The van der Waals surface area contributed by atoms with Gasteiger partial charge >= 0.3 is 0 Å². The van der Waals surface area contributed by atoms with Crippen LogP contribution in [0.3, 0.4) is 0 Å². The molecular formula is C15H15BrN4. The monoisotopic (exact) mass is 330 g/mol. The van der Waals surface area contributed by atoms with Gasteiger partial charge in [-0.25, -0.2) is 9.97 Å². The van der Waals surface area contributed by atoms with Gasteiger partial charge < -0.3 is 10.3 Å². The summed E-state index contributed by atoms with van der Waals surface area (Å²) in [5, 5.41) is 0. The molecule has 0 amide bonds. The zero-order chi connectivity index (χ0) is 14.1. The van der Waals surface area contributed by atoms with E-state index in [2.05, 4.69) is 32.4 Å². The first-order chi connectivity index (χ1) is 9.70. The van der Waals surface area contributed by atoms with Crippen LogP contribution < -0.4 is 5.73 Å². The molecule has 3 aromatic rings. The van der Waals surface area contributed by atoms with Crippen LogP contribution >= 0.6 is 15.9 Å². The molecule has 0 spiro atoms. The first-order valence-corrected chi connectivity index (χ1v) is 7.36. The highest BCUT2D eigenvalue weighted by molar-refractivity contribution is 9.10. The van der Waals surface area contributed by atoms with Gasteiger partial charge in [0.2, 0.25) is 0 Å². The van der Waals surface area contributed by atoms with Crippen molar-refractivity contribution in [1.29, 1.82) is 0 Å². The predicted octanol–water partition coefficient (Wildman–Crippen LogP) is 3.85. The topological polar surface area (TPSA) is 56.7 Å². The van der Waals surface area contributed by atoms with Crippen LogP contribution in [-0.2, 0) is 6.54 Å². The molecule has 1 aromatic carbocycles. The van der Waals surface area contributed by atoms with Crippen molar-refractivity contribution in [3.05, 3.63) is 41.0 Å². The zero-order valence-electron chi connectivity index (χ0n) is 11.2. The Bertz CT molecular complexity index is 764. The molecule has 102 valence electrons. The molecule has 5 heteroatoms. The van der Waals surface area contributed by atoms with E-state index >= 15 is 0 Å². The van der Waals surface area contributed by atoms with Crippen LogP contribution in [0.15, 0.2) is 41.0 Å². The molecule has 0 aliphatic carbocycles. The Balaban J connectivity index is 2.23. The number of imidazole rings is 1. The van der Waals surface area contributed by atoms with Crippen LogP contribution in [0.1, 0.15) is 13.3 Å². The average molecular weight is 331 g/mol. The zero-order valence-corrected chi connectivity index (χ0v) is 12.8. The van der Waals surface area contributed by atoms with Crippen molar-refractivity contribution in [1.82, 2.24) is 14.5 Å². The van der Waals surface area contributed by atoms with Gasteiger partial charge in [-0.1, -0.05) is 6.92 Å². The summed E-state index contributed by atoms with van der Waals surface area (Å²) in [5.41, 5.74) is 9.54. The van der Waals surface area contributed by atoms with E-state index in [4.69, 9.17) is 10.7 Å². The van der Waals surface area contributed by atoms with Gasteiger partial charge in [0.05, 0.1) is 0 Å². The van der Waals surface area contributed by atoms with Gasteiger partial charge in [-0.05, 0) is 52.7 Å². The summed E-state index contributed by atoms with van der Waals surface area (Å²) in [6.07, 6.45) is 2.83. The molecule has 0 radical (unpaired) electrons. The Morgan fingerprint density at radius 3 is 2.90 bits per heavy atom. The molecule has 0 aliphatic rings. The number of fused-ring (bicyclic) bond motifs is 1. The van der Waals surface area contributed by atoms with Crippen molar-refractivity contribution >= 4 is 32.8 Å². The van der Waals surface area contributed by atoms with Gasteiger partial charge in [-0.15, -0.1) is 0 Å². The Hall–Kier alpha value is -1.88. The number of anilines is 1. The third kappa shape index (κ3) is 2.18. The smallest absolute Gasteiger partial charge is 0.160 e. The normalized spacial score (nSPS) is 11.1. The summed E-state index contributed by atoms with van der Waals surface area (Å²) in [6.45, 7) is 3.04. The highest BCUT2D eigenvalue weighted by Gasteiger charge is 2.13. The summed E-state index contributed by atoms with van der Waals surface area (Å²) in [5.74, 6) is 0.916. The van der Waals surface area contributed by atoms with Crippen LogP contribution in [-0.4, -0.2) is 14.5 Å². The van der Waals surface area contributed by atoms with Crippen molar-refractivity contribution in [2.45, 2.75) is 19.9 Å². The number of benzene rings is 1. The quantitative estimate of drug-likeness (QED) is 0.742. The van der Waals surface area contributed by atoms with E-state index < -0.39 is 0 Å². The number of hydrogen-bond acceptors (Lipinski definition) is 3. The maximum atomic E-state index is 5.98. The van der Waals surface area contributed by atoms with E-state index in [0.29, 0.717) is 5.69 Å². The molecule has 2 heterocycles. The fraction of sp³-hybridized carbons (Fsp3) is 0.200. The summed E-state index contributed by atoms with van der Waals surface area (Å²) in [7, 11) is 0. The number of nitrogen functional groups attached to an aromatic ring is 1. The molecule has 0 bridgehead atoms. The van der Waals surface area contributed by atoms with E-state index in [1.165, 1.54) is 0 Å². The minimum Gasteiger partial charge on any atom is -0.398 e. The lowest BCUT2D eigenvalue weighted by atomic mass is 10.2. The molecule has 3 rings (SSSR count). The van der Waals surface area contributed by atoms with E-state index in [1.54, 1.807) is 6.20 Å². The summed E-state index contributed by atoms with van der Waals surface area (Å²) in [6, 6.07) is 9.81. The molecule has 0 aliphatic heterocycles. The standard InChI is InChI=1S/C15H15BrN4/c1-2-8-20-14(10-5-6-11(16)12(17)9-10)19-13-4-3-7-18-15(13)20/h3-7,9H,2,8,17H2,1H3. The van der Waals surface area contributed by atoms with Crippen molar-refractivity contribution in [2.24, 2.45) is 0 Å². The Morgan fingerprint density at radius 2 is 2.15 bits per heavy atom. The van der Waals surface area contributed by atoms with Gasteiger partial charge in [-0.2, -0.15) is 0 Å². The van der Waals surface area contributed by atoms with Crippen molar-refractivity contribution in [2.75, 3.05) is 5.73 Å². The fourth-order valence-electron chi connectivity index (χ4n) is 2.30. The second-order valence-corrected chi connectivity index (χ2v) is 5.52. The summed E-state index contributed by atoms with van der Waals surface area (Å²) < 4.78 is 3.05. The number of aromatic nitrogens is 3. The third-order valence-electron chi connectivity index (χ3n) is 3.21. The number of halogens is 1. The number of hydrogen-bond donors (Lipinski definition) is 1. The van der Waals surface area contributed by atoms with Crippen molar-refractivity contribution in [3.8, 4) is 11.4 Å². The number of pyridine rings is 1. The van der Waals surface area contributed by atoms with Crippen LogP contribution in [0, 0.1) is 0 Å². The molecule has 0 saturated carbocycles. The molecule has 0 unspecified atom stereocenters. The second kappa shape index (κ2) is 5.25. The molecule has 0 saturated heterocycles. The average Bonchev–Trinajstić information content (AvgIpc) is 2.82. The molecule has 0 atom stereocenters. The van der Waals surface area contributed by atoms with Crippen LogP contribution in [0.5, 0.6) is 0 Å². The number of rotatable bonds is 3. The van der Waals surface area contributed by atoms with Gasteiger partial charge in [-0.3, -0.25) is 0 Å². The van der Waals surface area contributed by atoms with Crippen molar-refractivity contribution in [3.63, 3.8) is 0 Å². The first-order valence-electron chi connectivity index (χ1n) is 6.57. The third-order valence-corrected chi connectivity index (χ3v) is 3.93. The van der Waals surface area contributed by atoms with Crippen LogP contribution in [0.2, 0.25) is 0 Å². The number of nitrogens with two attached hydrogens (primary N) is 1. The lowest BCUT2D eigenvalue weighted by molar-refractivity contribution is 0.698. The van der Waals surface area contributed by atoms with Crippen LogP contribution in [0.25, 0.3) is 22.6 Å². The maximum absolute atomic E-state index is 5.98. The van der Waals surface area contributed by atoms with E-state index in [9.17, 15) is 0 Å². The Kier molecular flexibility index (Phi) is 3.44. The highest BCUT2D eigenvalue weighted by atomic mass is 79.9.